The molecule has 1 atom stereocenters. The highest BCUT2D eigenvalue weighted by molar-refractivity contribution is 7.19. The number of hydrogen-bond donors (Lipinski definition) is 1. The number of hydrogen-bond acceptors (Lipinski definition) is 4. The number of benzene rings is 2. The molecule has 0 spiro atoms. The van der Waals surface area contributed by atoms with Crippen LogP contribution in [0, 0.1) is 0 Å². The van der Waals surface area contributed by atoms with Crippen molar-refractivity contribution in [1.29, 1.82) is 0 Å². The lowest BCUT2D eigenvalue weighted by Gasteiger charge is -2.36. The van der Waals surface area contributed by atoms with Gasteiger partial charge in [-0.15, -0.1) is 23.7 Å². The fraction of sp³-hybridized carbons (Fsp3) is 0.364. The highest BCUT2D eigenvalue weighted by Gasteiger charge is 2.19. The van der Waals surface area contributed by atoms with Crippen molar-refractivity contribution >= 4 is 39.5 Å². The Labute approximate surface area is 171 Å². The maximum atomic E-state index is 9.90. The molecule has 1 N–H and O–H groups in total. The number of anilines is 1. The number of nitrogens with zero attached hydrogens (tertiary/aromatic N) is 2. The molecule has 0 bridgehead atoms. The van der Waals surface area contributed by atoms with E-state index in [-0.39, 0.29) is 12.4 Å². The molecular formula is C22H27ClN2OS. The number of rotatable bonds is 5. The Hall–Kier alpha value is -1.59. The minimum atomic E-state index is -0.393. The number of piperazine rings is 1. The second-order valence-corrected chi connectivity index (χ2v) is 8.19. The van der Waals surface area contributed by atoms with Crippen LogP contribution in [-0.4, -0.2) is 42.7 Å². The van der Waals surface area contributed by atoms with E-state index in [1.807, 2.05) is 6.92 Å². The van der Waals surface area contributed by atoms with Crippen LogP contribution in [0.5, 0.6) is 0 Å². The molecule has 1 aliphatic heterocycles. The van der Waals surface area contributed by atoms with Gasteiger partial charge in [-0.2, -0.15) is 0 Å². The number of aliphatic hydroxyl groups is 1. The fourth-order valence-corrected chi connectivity index (χ4v) is 4.71. The third-order valence-electron chi connectivity index (χ3n) is 5.24. The van der Waals surface area contributed by atoms with Crippen molar-refractivity contribution in [2.75, 3.05) is 37.6 Å². The highest BCUT2D eigenvalue weighted by Crippen LogP contribution is 2.36. The van der Waals surface area contributed by atoms with Crippen LogP contribution in [-0.2, 0) is 6.42 Å². The van der Waals surface area contributed by atoms with Crippen LogP contribution in [0.3, 0.4) is 0 Å². The second-order valence-electron chi connectivity index (χ2n) is 7.08. The molecule has 5 heteroatoms. The van der Waals surface area contributed by atoms with Crippen LogP contribution in [0.2, 0.25) is 0 Å². The number of aliphatic hydroxyl groups excluding tert-OH is 1. The van der Waals surface area contributed by atoms with E-state index in [9.17, 15) is 5.11 Å². The lowest BCUT2D eigenvalue weighted by atomic mass is 10.1. The van der Waals surface area contributed by atoms with Crippen molar-refractivity contribution in [3.8, 4) is 0 Å². The number of halogens is 1. The smallest absolute Gasteiger partial charge is 0.0854 e. The second kappa shape index (κ2) is 9.07. The fourth-order valence-electron chi connectivity index (χ4n) is 3.69. The van der Waals surface area contributed by atoms with Gasteiger partial charge in [0.25, 0.3) is 0 Å². The number of thiophene rings is 1. The maximum Gasteiger partial charge on any atom is 0.0854 e. The standard InChI is InChI=1S/C22H26N2OS.ClH/c1-17(25)22-16-19-20(8-5-9-21(19)26-22)24-14-12-23(13-15-24)11-10-18-6-3-2-4-7-18;/h2-9,16-17,25H,10-15H2,1H3;1H. The third kappa shape index (κ3) is 4.64. The average molecular weight is 403 g/mol. The van der Waals surface area contributed by atoms with Crippen molar-refractivity contribution in [3.63, 3.8) is 0 Å². The Morgan fingerprint density at radius 1 is 1.00 bits per heavy atom. The molecule has 0 aliphatic carbocycles. The first-order valence-corrected chi connectivity index (χ1v) is 10.2. The number of fused-ring (bicyclic) bond motifs is 1. The van der Waals surface area contributed by atoms with Crippen molar-refractivity contribution in [2.45, 2.75) is 19.4 Å². The first-order chi connectivity index (χ1) is 12.7. The van der Waals surface area contributed by atoms with Gasteiger partial charge in [0, 0.05) is 53.4 Å². The lowest BCUT2D eigenvalue weighted by molar-refractivity contribution is 0.203. The maximum absolute atomic E-state index is 9.90. The van der Waals surface area contributed by atoms with Gasteiger partial charge < -0.3 is 10.0 Å². The van der Waals surface area contributed by atoms with Crippen LogP contribution < -0.4 is 4.90 Å². The van der Waals surface area contributed by atoms with E-state index < -0.39 is 6.10 Å². The summed E-state index contributed by atoms with van der Waals surface area (Å²) < 4.78 is 1.27. The van der Waals surface area contributed by atoms with E-state index in [0.29, 0.717) is 0 Å². The molecule has 144 valence electrons. The molecular weight excluding hydrogens is 376 g/mol. The SMILES string of the molecule is CC(O)c1cc2c(N3CCN(CCc4ccccc4)CC3)cccc2s1.Cl. The monoisotopic (exact) mass is 402 g/mol. The zero-order chi connectivity index (χ0) is 17.9. The van der Waals surface area contributed by atoms with E-state index in [1.165, 1.54) is 21.3 Å². The third-order valence-corrected chi connectivity index (χ3v) is 6.51. The Bertz CT molecular complexity index is 857. The van der Waals surface area contributed by atoms with E-state index in [0.717, 1.165) is 44.0 Å². The summed E-state index contributed by atoms with van der Waals surface area (Å²) >= 11 is 1.70. The summed E-state index contributed by atoms with van der Waals surface area (Å²) in [4.78, 5) is 6.12. The summed E-state index contributed by atoms with van der Waals surface area (Å²) in [7, 11) is 0. The molecule has 0 radical (unpaired) electrons. The lowest BCUT2D eigenvalue weighted by Crippen LogP contribution is -2.47. The first kappa shape index (κ1) is 20.2. The molecule has 3 nitrogen and oxygen atoms in total. The van der Waals surface area contributed by atoms with Gasteiger partial charge in [0.15, 0.2) is 0 Å². The summed E-state index contributed by atoms with van der Waals surface area (Å²) in [5.74, 6) is 0. The molecule has 1 unspecified atom stereocenters. The van der Waals surface area contributed by atoms with Crippen LogP contribution in [0.4, 0.5) is 5.69 Å². The van der Waals surface area contributed by atoms with Crippen LogP contribution in [0.1, 0.15) is 23.5 Å². The van der Waals surface area contributed by atoms with Gasteiger partial charge in [-0.05, 0) is 37.1 Å². The summed E-state index contributed by atoms with van der Waals surface area (Å²) in [5.41, 5.74) is 2.73. The topological polar surface area (TPSA) is 26.7 Å². The van der Waals surface area contributed by atoms with Crippen LogP contribution in [0.25, 0.3) is 10.1 Å². The van der Waals surface area contributed by atoms with Crippen molar-refractivity contribution < 1.29 is 5.11 Å². The zero-order valence-corrected chi connectivity index (χ0v) is 17.3. The van der Waals surface area contributed by atoms with Gasteiger partial charge in [0.1, 0.15) is 0 Å². The summed E-state index contributed by atoms with van der Waals surface area (Å²) in [6, 6.07) is 19.4. The van der Waals surface area contributed by atoms with Crippen molar-refractivity contribution in [1.82, 2.24) is 4.90 Å². The van der Waals surface area contributed by atoms with Crippen molar-refractivity contribution in [3.05, 3.63) is 65.0 Å². The molecule has 2 aromatic carbocycles. The van der Waals surface area contributed by atoms with Gasteiger partial charge in [0.05, 0.1) is 6.10 Å². The molecule has 0 amide bonds. The van der Waals surface area contributed by atoms with Crippen LogP contribution in [0.15, 0.2) is 54.6 Å². The van der Waals surface area contributed by atoms with Gasteiger partial charge in [-0.3, -0.25) is 4.90 Å². The minimum Gasteiger partial charge on any atom is -0.388 e. The molecule has 4 rings (SSSR count). The Kier molecular flexibility index (Phi) is 6.77. The molecule has 3 aromatic rings. The summed E-state index contributed by atoms with van der Waals surface area (Å²) in [6.45, 7) is 7.32. The Morgan fingerprint density at radius 2 is 1.74 bits per heavy atom. The minimum absolute atomic E-state index is 0. The van der Waals surface area contributed by atoms with E-state index in [1.54, 1.807) is 11.3 Å². The van der Waals surface area contributed by atoms with Crippen molar-refractivity contribution in [2.24, 2.45) is 0 Å². The van der Waals surface area contributed by atoms with Gasteiger partial charge in [0.2, 0.25) is 0 Å². The molecule has 0 saturated carbocycles. The summed E-state index contributed by atoms with van der Waals surface area (Å²) in [5, 5.41) is 11.2. The largest absolute Gasteiger partial charge is 0.388 e. The molecule has 1 saturated heterocycles. The average Bonchev–Trinajstić information content (AvgIpc) is 3.12. The molecule has 1 aromatic heterocycles. The molecule has 1 aliphatic rings. The highest BCUT2D eigenvalue weighted by atomic mass is 35.5. The quantitative estimate of drug-likeness (QED) is 0.667. The van der Waals surface area contributed by atoms with E-state index in [2.05, 4.69) is 64.4 Å². The van der Waals surface area contributed by atoms with E-state index >= 15 is 0 Å². The molecule has 27 heavy (non-hydrogen) atoms. The Balaban J connectivity index is 0.00000210. The van der Waals surface area contributed by atoms with Gasteiger partial charge in [-0.1, -0.05) is 36.4 Å². The first-order valence-electron chi connectivity index (χ1n) is 9.42. The molecule has 2 heterocycles. The van der Waals surface area contributed by atoms with Crippen LogP contribution >= 0.6 is 23.7 Å². The van der Waals surface area contributed by atoms with Gasteiger partial charge >= 0.3 is 0 Å². The normalized spacial score (nSPS) is 16.3. The summed E-state index contributed by atoms with van der Waals surface area (Å²) in [6.07, 6.45) is 0.730. The van der Waals surface area contributed by atoms with Gasteiger partial charge in [-0.25, -0.2) is 0 Å². The van der Waals surface area contributed by atoms with E-state index in [4.69, 9.17) is 0 Å². The predicted molar refractivity (Wildman–Crippen MR) is 119 cm³/mol. The Morgan fingerprint density at radius 3 is 2.44 bits per heavy atom. The predicted octanol–water partition coefficient (Wildman–Crippen LogP) is 4.74. The molecule has 1 fully saturated rings. The zero-order valence-electron chi connectivity index (χ0n) is 15.7.